The molecule has 1 aromatic heterocycles. The Labute approximate surface area is 120 Å². The molecule has 1 aromatic carbocycles. The van der Waals surface area contributed by atoms with Gasteiger partial charge in [-0.15, -0.1) is 0 Å². The van der Waals surface area contributed by atoms with Crippen LogP contribution in [0.3, 0.4) is 0 Å². The fraction of sp³-hybridized carbons (Fsp3) is 0.333. The summed E-state index contributed by atoms with van der Waals surface area (Å²) >= 11 is 6.98. The number of benzene rings is 1. The summed E-state index contributed by atoms with van der Waals surface area (Å²) in [7, 11) is 0. The van der Waals surface area contributed by atoms with Crippen molar-refractivity contribution in [1.82, 2.24) is 4.73 Å². The Hall–Kier alpha value is -0.880. The average Bonchev–Trinajstić information content (AvgIpc) is 2.38. The lowest BCUT2D eigenvalue weighted by molar-refractivity contribution is -0.476. The smallest absolute Gasteiger partial charge is 0.286 e. The Morgan fingerprint density at radius 2 is 1.89 bits per heavy atom. The third-order valence-corrected chi connectivity index (χ3v) is 5.07. The Morgan fingerprint density at radius 3 is 2.67 bits per heavy atom. The highest BCUT2D eigenvalue weighted by atomic mass is 79.9. The van der Waals surface area contributed by atoms with Crippen LogP contribution in [0.15, 0.2) is 24.3 Å². The molecule has 6 heteroatoms. The van der Waals surface area contributed by atoms with Crippen molar-refractivity contribution in [2.75, 3.05) is 0 Å². The predicted octanol–water partition coefficient (Wildman–Crippen LogP) is 3.57. The first-order chi connectivity index (χ1) is 8.61. The largest absolute Gasteiger partial charge is 0.805 e. The zero-order valence-corrected chi connectivity index (χ0v) is 12.5. The number of rotatable bonds is 0. The van der Waals surface area contributed by atoms with Gasteiger partial charge in [-0.1, -0.05) is 44.0 Å². The lowest BCUT2D eigenvalue weighted by atomic mass is 9.99. The summed E-state index contributed by atoms with van der Waals surface area (Å²) in [5.74, 6) is 0. The Bertz CT molecular complexity index is 684. The van der Waals surface area contributed by atoms with E-state index < -0.39 is 0 Å². The minimum atomic E-state index is -0.0661. The highest BCUT2D eigenvalue weighted by Crippen LogP contribution is 2.43. The monoisotopic (exact) mass is 372 g/mol. The van der Waals surface area contributed by atoms with Gasteiger partial charge < -0.3 is 9.94 Å². The standard InChI is InChI=1S/C12H10Br2N2O2/c13-7-5-6-8(14)12-11(7)15(17)9-3-1-2-4-10(9)16(12)18/h1-4,7-8H,5-6H2/t7-,8+. The van der Waals surface area contributed by atoms with Crippen molar-refractivity contribution in [2.45, 2.75) is 22.5 Å². The molecule has 0 saturated heterocycles. The summed E-state index contributed by atoms with van der Waals surface area (Å²) in [5, 5.41) is 12.4. The number of halogens is 2. The Balaban J connectivity index is 2.50. The van der Waals surface area contributed by atoms with Gasteiger partial charge in [-0.05, 0) is 18.9 Å². The van der Waals surface area contributed by atoms with E-state index in [9.17, 15) is 10.1 Å². The molecular weight excluding hydrogens is 364 g/mol. The van der Waals surface area contributed by atoms with Gasteiger partial charge in [-0.3, -0.25) is 0 Å². The minimum Gasteiger partial charge on any atom is -0.805 e. The van der Waals surface area contributed by atoms with Gasteiger partial charge in [0.2, 0.25) is 0 Å². The first-order valence-corrected chi connectivity index (χ1v) is 7.50. The van der Waals surface area contributed by atoms with Crippen LogP contribution in [-0.4, -0.2) is 4.73 Å². The van der Waals surface area contributed by atoms with E-state index in [1.54, 1.807) is 24.3 Å². The molecule has 0 amide bonds. The molecule has 0 fully saturated rings. The molecule has 0 N–H and O–H groups in total. The van der Waals surface area contributed by atoms with Crippen molar-refractivity contribution in [3.8, 4) is 0 Å². The first-order valence-electron chi connectivity index (χ1n) is 5.67. The summed E-state index contributed by atoms with van der Waals surface area (Å²) in [4.78, 5) is 12.3. The Kier molecular flexibility index (Phi) is 2.94. The SMILES string of the molecule is O=[n+]1c2c(n([O-])c3ccccc31)[C@@H](Br)CC[C@H]2Br. The van der Waals surface area contributed by atoms with E-state index in [2.05, 4.69) is 31.9 Å². The molecule has 0 aliphatic heterocycles. The van der Waals surface area contributed by atoms with Gasteiger partial charge in [0.1, 0.15) is 16.0 Å². The van der Waals surface area contributed by atoms with Crippen LogP contribution in [0.5, 0.6) is 0 Å². The summed E-state index contributed by atoms with van der Waals surface area (Å²) in [6.45, 7) is 0. The maximum Gasteiger partial charge on any atom is 0.286 e. The van der Waals surface area contributed by atoms with Crippen molar-refractivity contribution >= 4 is 42.9 Å². The molecule has 4 nitrogen and oxygen atoms in total. The van der Waals surface area contributed by atoms with Gasteiger partial charge in [0.15, 0.2) is 0 Å². The fourth-order valence-electron chi connectivity index (χ4n) is 2.42. The topological polar surface area (TPSA) is 51.0 Å². The number of hydrogen-bond donors (Lipinski definition) is 0. The quantitative estimate of drug-likeness (QED) is 0.523. The van der Waals surface area contributed by atoms with Crippen molar-refractivity contribution in [3.63, 3.8) is 0 Å². The molecule has 2 aromatic rings. The van der Waals surface area contributed by atoms with Crippen LogP contribution >= 0.6 is 31.9 Å². The van der Waals surface area contributed by atoms with Crippen LogP contribution in [0.4, 0.5) is 0 Å². The fourth-order valence-corrected chi connectivity index (χ4v) is 3.79. The van der Waals surface area contributed by atoms with Crippen LogP contribution in [0.2, 0.25) is 0 Å². The third kappa shape index (κ3) is 1.62. The molecule has 0 spiro atoms. The number of alkyl halides is 2. The molecule has 1 aliphatic carbocycles. The summed E-state index contributed by atoms with van der Waals surface area (Å²) < 4.78 is 1.76. The Morgan fingerprint density at radius 1 is 1.22 bits per heavy atom. The number of aromatic nitrogens is 2. The van der Waals surface area contributed by atoms with Crippen molar-refractivity contribution < 1.29 is 4.43 Å². The molecule has 0 unspecified atom stereocenters. The molecular formula is C12H10Br2N2O2. The lowest BCUT2D eigenvalue weighted by Crippen LogP contribution is -2.31. The van der Waals surface area contributed by atoms with Gasteiger partial charge in [0.25, 0.3) is 11.2 Å². The number of hydrogen-bond acceptors (Lipinski definition) is 2. The van der Waals surface area contributed by atoms with E-state index in [1.807, 2.05) is 0 Å². The van der Waals surface area contributed by atoms with Crippen molar-refractivity contribution in [1.29, 1.82) is 0 Å². The lowest BCUT2D eigenvalue weighted by Gasteiger charge is -2.27. The van der Waals surface area contributed by atoms with Gasteiger partial charge >= 0.3 is 0 Å². The highest BCUT2D eigenvalue weighted by Gasteiger charge is 2.35. The molecule has 2 atom stereocenters. The minimum absolute atomic E-state index is 0.0661. The molecule has 18 heavy (non-hydrogen) atoms. The molecule has 1 aliphatic rings. The maximum atomic E-state index is 12.4. The summed E-state index contributed by atoms with van der Waals surface area (Å²) in [6.07, 6.45) is 1.67. The number of para-hydroxylation sites is 2. The molecule has 0 bridgehead atoms. The summed E-state index contributed by atoms with van der Waals surface area (Å²) in [6, 6.07) is 6.88. The van der Waals surface area contributed by atoms with Crippen molar-refractivity contribution in [3.05, 3.63) is 45.8 Å². The highest BCUT2D eigenvalue weighted by molar-refractivity contribution is 9.09. The summed E-state index contributed by atoms with van der Waals surface area (Å²) in [5.41, 5.74) is 1.88. The van der Waals surface area contributed by atoms with Crippen LogP contribution in [0.1, 0.15) is 33.9 Å². The zero-order chi connectivity index (χ0) is 12.9. The van der Waals surface area contributed by atoms with Crippen LogP contribution in [0, 0.1) is 10.1 Å². The van der Waals surface area contributed by atoms with E-state index in [1.165, 1.54) is 0 Å². The van der Waals surface area contributed by atoms with E-state index in [0.29, 0.717) is 22.4 Å². The molecule has 94 valence electrons. The maximum absolute atomic E-state index is 12.4. The van der Waals surface area contributed by atoms with Gasteiger partial charge in [0.05, 0.1) is 9.25 Å². The van der Waals surface area contributed by atoms with Gasteiger partial charge in [0, 0.05) is 11.0 Å². The third-order valence-electron chi connectivity index (χ3n) is 3.29. The zero-order valence-electron chi connectivity index (χ0n) is 9.35. The molecule has 3 rings (SSSR count). The van der Waals surface area contributed by atoms with E-state index in [0.717, 1.165) is 22.0 Å². The second kappa shape index (κ2) is 4.35. The normalized spacial score (nSPS) is 23.0. The van der Waals surface area contributed by atoms with E-state index in [-0.39, 0.29) is 9.65 Å². The first kappa shape index (κ1) is 12.2. The van der Waals surface area contributed by atoms with E-state index >= 15 is 0 Å². The predicted molar refractivity (Wildman–Crippen MR) is 76.6 cm³/mol. The van der Waals surface area contributed by atoms with Crippen LogP contribution < -0.4 is 4.43 Å². The van der Waals surface area contributed by atoms with E-state index in [4.69, 9.17) is 0 Å². The molecule has 0 saturated carbocycles. The van der Waals surface area contributed by atoms with Gasteiger partial charge in [-0.25, -0.2) is 0 Å². The van der Waals surface area contributed by atoms with Gasteiger partial charge in [-0.2, -0.15) is 0 Å². The second-order valence-corrected chi connectivity index (χ2v) is 6.57. The second-order valence-electron chi connectivity index (χ2n) is 4.36. The molecule has 1 heterocycles. The average molecular weight is 374 g/mol. The number of fused-ring (bicyclic) bond motifs is 2. The van der Waals surface area contributed by atoms with Crippen molar-refractivity contribution in [2.24, 2.45) is 0 Å². The van der Waals surface area contributed by atoms with Crippen LogP contribution in [0.25, 0.3) is 11.0 Å². The number of nitrogens with zero attached hydrogens (tertiary/aromatic N) is 2. The van der Waals surface area contributed by atoms with Crippen LogP contribution in [-0.2, 0) is 0 Å². The molecule has 0 radical (unpaired) electrons.